The summed E-state index contributed by atoms with van der Waals surface area (Å²) >= 11 is 0. The Morgan fingerprint density at radius 2 is 1.91 bits per heavy atom. The zero-order valence-electron chi connectivity index (χ0n) is 7.23. The average Bonchev–Trinajstić information content (AvgIpc) is 2.45. The van der Waals surface area contributed by atoms with E-state index in [-0.39, 0.29) is 0 Å². The Morgan fingerprint density at radius 3 is 2.36 bits per heavy atom. The highest BCUT2D eigenvalue weighted by atomic mass is 15.0. The summed E-state index contributed by atoms with van der Waals surface area (Å²) < 4.78 is 0. The predicted molar refractivity (Wildman–Crippen MR) is 47.1 cm³/mol. The molecular formula is C8H15N3. The van der Waals surface area contributed by atoms with E-state index in [2.05, 4.69) is 28.1 Å². The zero-order valence-corrected chi connectivity index (χ0v) is 7.23. The van der Waals surface area contributed by atoms with Crippen molar-refractivity contribution in [1.82, 2.24) is 16.0 Å². The fraction of sp³-hybridized carbons (Fsp3) is 0.500. The van der Waals surface area contributed by atoms with Gasteiger partial charge in [0.05, 0.1) is 17.4 Å². The van der Waals surface area contributed by atoms with E-state index in [1.54, 1.807) is 0 Å². The van der Waals surface area contributed by atoms with Gasteiger partial charge in [0.25, 0.3) is 0 Å². The fourth-order valence-electron chi connectivity index (χ4n) is 1.29. The predicted octanol–water partition coefficient (Wildman–Crippen LogP) is -0.205. The first-order valence-electron chi connectivity index (χ1n) is 3.78. The molecule has 0 aromatic carbocycles. The maximum absolute atomic E-state index is 3.18. The van der Waals surface area contributed by atoms with E-state index in [0.717, 1.165) is 5.70 Å². The summed E-state index contributed by atoms with van der Waals surface area (Å²) in [6.45, 7) is 0. The summed E-state index contributed by atoms with van der Waals surface area (Å²) in [5.41, 5.74) is 2.36. The lowest BCUT2D eigenvalue weighted by Crippen LogP contribution is -2.31. The first-order chi connectivity index (χ1) is 5.33. The minimum Gasteiger partial charge on any atom is -0.388 e. The van der Waals surface area contributed by atoms with Crippen molar-refractivity contribution < 1.29 is 0 Å². The van der Waals surface area contributed by atoms with Crippen molar-refractivity contribution in [2.75, 3.05) is 21.1 Å². The summed E-state index contributed by atoms with van der Waals surface area (Å²) in [5, 5.41) is 9.46. The maximum Gasteiger partial charge on any atom is 0.0677 e. The first-order valence-corrected chi connectivity index (χ1v) is 3.78. The molecule has 0 aromatic heterocycles. The van der Waals surface area contributed by atoms with Crippen molar-refractivity contribution in [1.29, 1.82) is 0 Å². The molecule has 1 aliphatic rings. The fourth-order valence-corrected chi connectivity index (χ4v) is 1.29. The number of nitrogens with one attached hydrogen (secondary N) is 3. The van der Waals surface area contributed by atoms with Gasteiger partial charge in [0.1, 0.15) is 0 Å². The lowest BCUT2D eigenvalue weighted by atomic mass is 10.2. The second-order valence-corrected chi connectivity index (χ2v) is 2.45. The molecule has 3 nitrogen and oxygen atoms in total. The summed E-state index contributed by atoms with van der Waals surface area (Å²) in [6, 6.07) is 0.336. The lowest BCUT2D eigenvalue weighted by Gasteiger charge is -2.13. The molecule has 62 valence electrons. The van der Waals surface area contributed by atoms with E-state index in [9.17, 15) is 0 Å². The van der Waals surface area contributed by atoms with Crippen molar-refractivity contribution in [2.24, 2.45) is 0 Å². The van der Waals surface area contributed by atoms with Crippen molar-refractivity contribution in [2.45, 2.75) is 6.04 Å². The SMILES string of the molecule is CNC1=C(NC)C(NC)C=C1. The van der Waals surface area contributed by atoms with Gasteiger partial charge in [-0.05, 0) is 13.1 Å². The molecule has 0 aliphatic heterocycles. The minimum atomic E-state index is 0.336. The van der Waals surface area contributed by atoms with Crippen molar-refractivity contribution >= 4 is 0 Å². The molecule has 0 saturated heterocycles. The van der Waals surface area contributed by atoms with Gasteiger partial charge in [-0.15, -0.1) is 0 Å². The van der Waals surface area contributed by atoms with Crippen molar-refractivity contribution in [3.63, 3.8) is 0 Å². The standard InChI is InChI=1S/C8H15N3/c1-9-6-4-5-7(10-2)8(6)11-3/h4-6,9-11H,1-3H3. The molecule has 1 rings (SSSR count). The second kappa shape index (κ2) is 3.44. The number of likely N-dealkylation sites (N-methyl/N-ethyl adjacent to an activating group) is 3. The third-order valence-corrected chi connectivity index (χ3v) is 1.91. The summed E-state index contributed by atoms with van der Waals surface area (Å²) in [7, 11) is 5.81. The lowest BCUT2D eigenvalue weighted by molar-refractivity contribution is 0.702. The molecular weight excluding hydrogens is 138 g/mol. The molecule has 0 aromatic rings. The largest absolute Gasteiger partial charge is 0.388 e. The van der Waals surface area contributed by atoms with Gasteiger partial charge in [-0.2, -0.15) is 0 Å². The van der Waals surface area contributed by atoms with Gasteiger partial charge < -0.3 is 16.0 Å². The van der Waals surface area contributed by atoms with Crippen LogP contribution in [0.1, 0.15) is 0 Å². The summed E-state index contributed by atoms with van der Waals surface area (Å²) in [4.78, 5) is 0. The van der Waals surface area contributed by atoms with E-state index in [1.807, 2.05) is 21.1 Å². The van der Waals surface area contributed by atoms with Gasteiger partial charge in [-0.25, -0.2) is 0 Å². The smallest absolute Gasteiger partial charge is 0.0677 e. The summed E-state index contributed by atoms with van der Waals surface area (Å²) in [6.07, 6.45) is 4.20. The molecule has 0 radical (unpaired) electrons. The van der Waals surface area contributed by atoms with Gasteiger partial charge in [-0.3, -0.25) is 0 Å². The van der Waals surface area contributed by atoms with E-state index < -0.39 is 0 Å². The van der Waals surface area contributed by atoms with Gasteiger partial charge in [0.15, 0.2) is 0 Å². The van der Waals surface area contributed by atoms with Gasteiger partial charge in [0, 0.05) is 14.1 Å². The maximum atomic E-state index is 3.18. The number of hydrogen-bond donors (Lipinski definition) is 3. The highest BCUT2D eigenvalue weighted by molar-refractivity contribution is 5.37. The second-order valence-electron chi connectivity index (χ2n) is 2.45. The molecule has 1 aliphatic carbocycles. The van der Waals surface area contributed by atoms with Crippen molar-refractivity contribution in [3.05, 3.63) is 23.5 Å². The van der Waals surface area contributed by atoms with Crippen LogP contribution >= 0.6 is 0 Å². The Hall–Kier alpha value is -0.960. The third kappa shape index (κ3) is 1.38. The number of hydrogen-bond acceptors (Lipinski definition) is 3. The number of allylic oxidation sites excluding steroid dienone is 1. The van der Waals surface area contributed by atoms with Crippen LogP contribution in [0.25, 0.3) is 0 Å². The molecule has 1 atom stereocenters. The minimum absolute atomic E-state index is 0.336. The molecule has 0 amide bonds. The molecule has 3 heteroatoms. The Balaban J connectivity index is 2.77. The van der Waals surface area contributed by atoms with Crippen LogP contribution in [-0.2, 0) is 0 Å². The van der Waals surface area contributed by atoms with Gasteiger partial charge in [0.2, 0.25) is 0 Å². The molecule has 1 unspecified atom stereocenters. The van der Waals surface area contributed by atoms with E-state index in [1.165, 1.54) is 5.70 Å². The van der Waals surface area contributed by atoms with E-state index >= 15 is 0 Å². The highest BCUT2D eigenvalue weighted by Gasteiger charge is 2.16. The molecule has 11 heavy (non-hydrogen) atoms. The third-order valence-electron chi connectivity index (χ3n) is 1.91. The monoisotopic (exact) mass is 153 g/mol. The van der Waals surface area contributed by atoms with Crippen molar-refractivity contribution in [3.8, 4) is 0 Å². The van der Waals surface area contributed by atoms with E-state index in [4.69, 9.17) is 0 Å². The Labute approximate surface area is 67.6 Å². The molecule has 0 heterocycles. The van der Waals surface area contributed by atoms with Crippen LogP contribution in [0.3, 0.4) is 0 Å². The van der Waals surface area contributed by atoms with Crippen LogP contribution in [0.2, 0.25) is 0 Å². The van der Waals surface area contributed by atoms with Gasteiger partial charge >= 0.3 is 0 Å². The molecule has 0 fully saturated rings. The average molecular weight is 153 g/mol. The van der Waals surface area contributed by atoms with Crippen LogP contribution in [0.5, 0.6) is 0 Å². The van der Waals surface area contributed by atoms with Crippen LogP contribution in [0.15, 0.2) is 23.5 Å². The van der Waals surface area contributed by atoms with E-state index in [0.29, 0.717) is 6.04 Å². The van der Waals surface area contributed by atoms with Crippen LogP contribution in [0, 0.1) is 0 Å². The molecule has 3 N–H and O–H groups in total. The topological polar surface area (TPSA) is 36.1 Å². The Kier molecular flexibility index (Phi) is 2.54. The normalized spacial score (nSPS) is 22.6. The highest BCUT2D eigenvalue weighted by Crippen LogP contribution is 2.13. The molecule has 0 bridgehead atoms. The van der Waals surface area contributed by atoms with Crippen LogP contribution in [-0.4, -0.2) is 27.2 Å². The Morgan fingerprint density at radius 1 is 1.18 bits per heavy atom. The summed E-state index contributed by atoms with van der Waals surface area (Å²) in [5.74, 6) is 0. The molecule has 0 saturated carbocycles. The quantitative estimate of drug-likeness (QED) is 0.525. The molecule has 0 spiro atoms. The van der Waals surface area contributed by atoms with Crippen LogP contribution < -0.4 is 16.0 Å². The number of rotatable bonds is 3. The Bertz CT molecular complexity index is 194. The zero-order chi connectivity index (χ0) is 8.27. The van der Waals surface area contributed by atoms with Gasteiger partial charge in [-0.1, -0.05) is 6.08 Å². The van der Waals surface area contributed by atoms with Crippen LogP contribution in [0.4, 0.5) is 0 Å². The first kappa shape index (κ1) is 8.14.